The maximum absolute atomic E-state index is 4.20. The van der Waals surface area contributed by atoms with Gasteiger partial charge in [-0.3, -0.25) is 4.68 Å². The van der Waals surface area contributed by atoms with E-state index in [0.29, 0.717) is 0 Å². The van der Waals surface area contributed by atoms with Gasteiger partial charge in [-0.25, -0.2) is 9.97 Å². The molecule has 0 aromatic carbocycles. The molecule has 0 radical (unpaired) electrons. The number of nitrogens with one attached hydrogen (secondary N) is 1. The molecule has 2 aromatic heterocycles. The number of hydrogen-bond donors (Lipinski definition) is 1. The summed E-state index contributed by atoms with van der Waals surface area (Å²) >= 11 is 1.73. The molecule has 2 heterocycles. The van der Waals surface area contributed by atoms with E-state index < -0.39 is 0 Å². The molecule has 0 aliphatic rings. The van der Waals surface area contributed by atoms with Crippen LogP contribution in [-0.4, -0.2) is 26.3 Å². The average molecular weight is 260 g/mol. The minimum Gasteiger partial charge on any atom is -0.310 e. The summed E-state index contributed by atoms with van der Waals surface area (Å²) in [6, 6.07) is 0. The maximum Gasteiger partial charge on any atom is 0.137 e. The molecule has 7 heteroatoms. The highest BCUT2D eigenvalue weighted by molar-refractivity contribution is 7.11. The van der Waals surface area contributed by atoms with E-state index in [9.17, 15) is 0 Å². The number of nitrogens with zero attached hydrogens (tertiary/aromatic N) is 4. The van der Waals surface area contributed by atoms with Crippen molar-refractivity contribution in [1.29, 1.82) is 0 Å². The molecule has 0 amide bonds. The van der Waals surface area contributed by atoms with E-state index in [1.165, 1.54) is 4.88 Å². The standard InChI is InChI=1S/C9H13N5S.ClH/c1-8-12-5-9(15-8)4-10-2-3-14-7-11-6-13-14;/h5-7,10H,2-4H2,1H3;1H. The minimum atomic E-state index is 0. The maximum atomic E-state index is 4.20. The quantitative estimate of drug-likeness (QED) is 0.822. The Kier molecular flexibility index (Phi) is 5.37. The molecule has 0 unspecified atom stereocenters. The van der Waals surface area contributed by atoms with Crippen molar-refractivity contribution in [2.75, 3.05) is 6.54 Å². The molecule has 0 fully saturated rings. The van der Waals surface area contributed by atoms with Crippen LogP contribution in [0.5, 0.6) is 0 Å². The molecule has 2 rings (SSSR count). The third kappa shape index (κ3) is 3.88. The monoisotopic (exact) mass is 259 g/mol. The van der Waals surface area contributed by atoms with Gasteiger partial charge in [0, 0.05) is 24.2 Å². The highest BCUT2D eigenvalue weighted by Crippen LogP contribution is 2.10. The predicted octanol–water partition coefficient (Wildman–Crippen LogP) is 1.25. The molecule has 0 spiro atoms. The second kappa shape index (κ2) is 6.57. The fourth-order valence-corrected chi connectivity index (χ4v) is 2.00. The van der Waals surface area contributed by atoms with Gasteiger partial charge in [-0.15, -0.1) is 23.7 Å². The van der Waals surface area contributed by atoms with E-state index in [4.69, 9.17) is 0 Å². The van der Waals surface area contributed by atoms with Crippen molar-refractivity contribution < 1.29 is 0 Å². The zero-order valence-corrected chi connectivity index (χ0v) is 10.6. The van der Waals surface area contributed by atoms with Crippen molar-refractivity contribution in [3.8, 4) is 0 Å². The van der Waals surface area contributed by atoms with E-state index in [1.54, 1.807) is 24.0 Å². The molecule has 2 aromatic rings. The second-order valence-electron chi connectivity index (χ2n) is 3.18. The molecule has 0 aliphatic carbocycles. The summed E-state index contributed by atoms with van der Waals surface area (Å²) in [6.45, 7) is 4.63. The summed E-state index contributed by atoms with van der Waals surface area (Å²) in [5.41, 5.74) is 0. The van der Waals surface area contributed by atoms with Gasteiger partial charge in [-0.05, 0) is 6.92 Å². The van der Waals surface area contributed by atoms with Crippen LogP contribution in [0.25, 0.3) is 0 Å². The van der Waals surface area contributed by atoms with Crippen molar-refractivity contribution in [2.45, 2.75) is 20.0 Å². The fourth-order valence-electron chi connectivity index (χ4n) is 1.24. The van der Waals surface area contributed by atoms with Crippen LogP contribution < -0.4 is 5.32 Å². The van der Waals surface area contributed by atoms with Gasteiger partial charge in [0.2, 0.25) is 0 Å². The topological polar surface area (TPSA) is 55.6 Å². The molecular formula is C9H14ClN5S. The second-order valence-corrected chi connectivity index (χ2v) is 4.50. The highest BCUT2D eigenvalue weighted by Gasteiger charge is 1.97. The van der Waals surface area contributed by atoms with Crippen LogP contribution in [-0.2, 0) is 13.1 Å². The lowest BCUT2D eigenvalue weighted by atomic mass is 10.5. The molecule has 0 saturated heterocycles. The Bertz CT molecular complexity index is 400. The van der Waals surface area contributed by atoms with Gasteiger partial charge in [0.1, 0.15) is 12.7 Å². The molecule has 0 bridgehead atoms. The molecule has 0 aliphatic heterocycles. The summed E-state index contributed by atoms with van der Waals surface area (Å²) in [6.07, 6.45) is 5.19. The largest absolute Gasteiger partial charge is 0.310 e. The van der Waals surface area contributed by atoms with E-state index in [0.717, 1.165) is 24.6 Å². The Labute approximate surface area is 104 Å². The van der Waals surface area contributed by atoms with E-state index in [2.05, 4.69) is 20.4 Å². The lowest BCUT2D eigenvalue weighted by molar-refractivity contribution is 0.555. The van der Waals surface area contributed by atoms with Crippen LogP contribution in [0.15, 0.2) is 18.9 Å². The summed E-state index contributed by atoms with van der Waals surface area (Å²) < 4.78 is 1.81. The molecule has 88 valence electrons. The summed E-state index contributed by atoms with van der Waals surface area (Å²) in [5.74, 6) is 0. The Hall–Kier alpha value is -0.980. The van der Waals surface area contributed by atoms with Crippen LogP contribution in [0, 0.1) is 6.92 Å². The van der Waals surface area contributed by atoms with E-state index >= 15 is 0 Å². The first kappa shape index (κ1) is 13.1. The Morgan fingerprint density at radius 2 is 2.38 bits per heavy atom. The Balaban J connectivity index is 0.00000128. The zero-order valence-electron chi connectivity index (χ0n) is 8.96. The van der Waals surface area contributed by atoms with Gasteiger partial charge in [-0.2, -0.15) is 5.10 Å². The summed E-state index contributed by atoms with van der Waals surface area (Å²) in [7, 11) is 0. The predicted molar refractivity (Wildman–Crippen MR) is 65.8 cm³/mol. The van der Waals surface area contributed by atoms with Crippen molar-refractivity contribution >= 4 is 23.7 Å². The average Bonchev–Trinajstić information content (AvgIpc) is 2.84. The van der Waals surface area contributed by atoms with Gasteiger partial charge in [0.25, 0.3) is 0 Å². The molecule has 0 atom stereocenters. The van der Waals surface area contributed by atoms with Crippen molar-refractivity contribution in [3.05, 3.63) is 28.7 Å². The van der Waals surface area contributed by atoms with Crippen LogP contribution in [0.2, 0.25) is 0 Å². The van der Waals surface area contributed by atoms with Gasteiger partial charge in [0.15, 0.2) is 0 Å². The Morgan fingerprint density at radius 3 is 3.00 bits per heavy atom. The van der Waals surface area contributed by atoms with Crippen LogP contribution in [0.3, 0.4) is 0 Å². The van der Waals surface area contributed by atoms with Crippen LogP contribution in [0.4, 0.5) is 0 Å². The van der Waals surface area contributed by atoms with Gasteiger partial charge < -0.3 is 5.32 Å². The number of rotatable bonds is 5. The number of halogens is 1. The number of aryl methyl sites for hydroxylation is 1. The van der Waals surface area contributed by atoms with Gasteiger partial charge >= 0.3 is 0 Å². The zero-order chi connectivity index (χ0) is 10.5. The number of aromatic nitrogens is 4. The van der Waals surface area contributed by atoms with Crippen LogP contribution >= 0.6 is 23.7 Å². The third-order valence-corrected chi connectivity index (χ3v) is 2.87. The number of hydrogen-bond acceptors (Lipinski definition) is 5. The van der Waals surface area contributed by atoms with Gasteiger partial charge in [-0.1, -0.05) is 0 Å². The normalized spacial score (nSPS) is 10.1. The van der Waals surface area contributed by atoms with Crippen molar-refractivity contribution in [2.24, 2.45) is 0 Å². The molecule has 5 nitrogen and oxygen atoms in total. The first-order valence-corrected chi connectivity index (χ1v) is 5.60. The smallest absolute Gasteiger partial charge is 0.137 e. The van der Waals surface area contributed by atoms with E-state index in [1.807, 2.05) is 17.8 Å². The number of thiazole rings is 1. The molecule has 1 N–H and O–H groups in total. The lowest BCUT2D eigenvalue weighted by Crippen LogP contribution is -2.19. The van der Waals surface area contributed by atoms with Crippen molar-refractivity contribution in [3.63, 3.8) is 0 Å². The molecule has 0 saturated carbocycles. The summed E-state index contributed by atoms with van der Waals surface area (Å²) in [5, 5.41) is 8.47. The SMILES string of the molecule is Cc1ncc(CNCCn2cncn2)s1.Cl. The van der Waals surface area contributed by atoms with Crippen LogP contribution in [0.1, 0.15) is 9.88 Å². The minimum absolute atomic E-state index is 0. The van der Waals surface area contributed by atoms with Gasteiger partial charge in [0.05, 0.1) is 11.6 Å². The first-order valence-electron chi connectivity index (χ1n) is 4.79. The third-order valence-electron chi connectivity index (χ3n) is 1.95. The van der Waals surface area contributed by atoms with Crippen molar-refractivity contribution in [1.82, 2.24) is 25.1 Å². The fraction of sp³-hybridized carbons (Fsp3) is 0.444. The summed E-state index contributed by atoms with van der Waals surface area (Å²) in [4.78, 5) is 9.34. The lowest BCUT2D eigenvalue weighted by Gasteiger charge is -2.01. The molecule has 16 heavy (non-hydrogen) atoms. The Morgan fingerprint density at radius 1 is 1.50 bits per heavy atom. The van der Waals surface area contributed by atoms with E-state index in [-0.39, 0.29) is 12.4 Å². The highest BCUT2D eigenvalue weighted by atomic mass is 35.5. The first-order chi connectivity index (χ1) is 7.34. The molecular weight excluding hydrogens is 246 g/mol.